The number of benzene rings is 1. The fraction of sp³-hybridized carbons (Fsp3) is 0.440. The number of allylic oxidation sites excluding steroid dienone is 5. The fourth-order valence-electron chi connectivity index (χ4n) is 4.37. The molecule has 0 spiro atoms. The van der Waals surface area contributed by atoms with Gasteiger partial charge in [-0.25, -0.2) is 0 Å². The molecular weight excluding hydrogens is 314 g/mol. The van der Waals surface area contributed by atoms with Crippen LogP contribution in [0, 0.1) is 0 Å². The van der Waals surface area contributed by atoms with Crippen LogP contribution in [-0.2, 0) is 12.8 Å². The number of fused-ring (bicyclic) bond motifs is 1. The molecule has 0 aliphatic heterocycles. The number of rotatable bonds is 6. The minimum atomic E-state index is 0.586. The third-order valence-corrected chi connectivity index (χ3v) is 5.75. The Labute approximate surface area is 159 Å². The molecule has 3 rings (SSSR count). The summed E-state index contributed by atoms with van der Waals surface area (Å²) in [5.74, 6) is 0. The summed E-state index contributed by atoms with van der Waals surface area (Å²) in [7, 11) is 0. The fourth-order valence-corrected chi connectivity index (χ4v) is 4.37. The van der Waals surface area contributed by atoms with Gasteiger partial charge in [0.25, 0.3) is 0 Å². The molecule has 0 bridgehead atoms. The van der Waals surface area contributed by atoms with Gasteiger partial charge in [0, 0.05) is 17.4 Å². The summed E-state index contributed by atoms with van der Waals surface area (Å²) in [6, 6.07) is 7.50. The van der Waals surface area contributed by atoms with E-state index in [0.717, 1.165) is 5.70 Å². The van der Waals surface area contributed by atoms with Gasteiger partial charge in [-0.15, -0.1) is 0 Å². The smallest absolute Gasteiger partial charge is 0.0338 e. The minimum absolute atomic E-state index is 0.586. The van der Waals surface area contributed by atoms with Gasteiger partial charge in [0.1, 0.15) is 0 Å². The van der Waals surface area contributed by atoms with Gasteiger partial charge in [0.05, 0.1) is 0 Å². The van der Waals surface area contributed by atoms with Gasteiger partial charge in [0.2, 0.25) is 0 Å². The highest BCUT2D eigenvalue weighted by molar-refractivity contribution is 5.55. The molecule has 138 valence electrons. The van der Waals surface area contributed by atoms with Crippen molar-refractivity contribution in [1.82, 2.24) is 4.90 Å². The van der Waals surface area contributed by atoms with Crippen LogP contribution in [0.25, 0.3) is 6.08 Å². The van der Waals surface area contributed by atoms with E-state index in [1.54, 1.807) is 0 Å². The molecule has 1 nitrogen and oxygen atoms in total. The average Bonchev–Trinajstić information content (AvgIpc) is 3.13. The topological polar surface area (TPSA) is 3.24 Å². The van der Waals surface area contributed by atoms with Gasteiger partial charge >= 0.3 is 0 Å². The number of hydrogen-bond acceptors (Lipinski definition) is 1. The SMILES string of the molecule is C=C(/C=C/c1ccc2c(c1)CCC2)N(/C(C)=C/C=C\C)C1CCCCC1. The van der Waals surface area contributed by atoms with Crippen molar-refractivity contribution in [2.45, 2.75) is 71.3 Å². The molecule has 0 heterocycles. The zero-order valence-corrected chi connectivity index (χ0v) is 16.5. The number of nitrogens with zero attached hydrogens (tertiary/aromatic N) is 1. The summed E-state index contributed by atoms with van der Waals surface area (Å²) in [5, 5.41) is 0. The summed E-state index contributed by atoms with van der Waals surface area (Å²) < 4.78 is 0. The predicted octanol–water partition coefficient (Wildman–Crippen LogP) is 6.82. The van der Waals surface area contributed by atoms with Crippen molar-refractivity contribution in [3.05, 3.63) is 77.2 Å². The Morgan fingerprint density at radius 2 is 1.85 bits per heavy atom. The maximum Gasteiger partial charge on any atom is 0.0338 e. The number of aryl methyl sites for hydroxylation is 2. The first-order valence-electron chi connectivity index (χ1n) is 10.3. The Kier molecular flexibility index (Phi) is 6.55. The van der Waals surface area contributed by atoms with E-state index in [1.165, 1.54) is 73.8 Å². The van der Waals surface area contributed by atoms with Crippen molar-refractivity contribution < 1.29 is 0 Å². The van der Waals surface area contributed by atoms with E-state index in [0.29, 0.717) is 6.04 Å². The summed E-state index contributed by atoms with van der Waals surface area (Å²) in [4.78, 5) is 2.46. The maximum absolute atomic E-state index is 4.42. The Balaban J connectivity index is 1.77. The summed E-state index contributed by atoms with van der Waals surface area (Å²) >= 11 is 0. The lowest BCUT2D eigenvalue weighted by atomic mass is 9.93. The lowest BCUT2D eigenvalue weighted by Crippen LogP contribution is -2.34. The molecule has 0 unspecified atom stereocenters. The van der Waals surface area contributed by atoms with Crippen LogP contribution in [0.5, 0.6) is 0 Å². The average molecular weight is 348 g/mol. The second-order valence-corrected chi connectivity index (χ2v) is 7.70. The summed E-state index contributed by atoms with van der Waals surface area (Å²) in [6.45, 7) is 8.70. The zero-order chi connectivity index (χ0) is 18.4. The molecule has 0 saturated heterocycles. The Morgan fingerprint density at radius 3 is 2.62 bits per heavy atom. The molecule has 1 fully saturated rings. The van der Waals surface area contributed by atoms with Crippen LogP contribution in [0.2, 0.25) is 0 Å². The minimum Gasteiger partial charge on any atom is -0.343 e. The third kappa shape index (κ3) is 4.58. The van der Waals surface area contributed by atoms with Crippen LogP contribution in [-0.4, -0.2) is 10.9 Å². The van der Waals surface area contributed by atoms with Gasteiger partial charge in [-0.2, -0.15) is 0 Å². The van der Waals surface area contributed by atoms with Crippen LogP contribution in [0.3, 0.4) is 0 Å². The van der Waals surface area contributed by atoms with E-state index in [-0.39, 0.29) is 0 Å². The van der Waals surface area contributed by atoms with Gasteiger partial charge in [-0.1, -0.05) is 62.3 Å². The van der Waals surface area contributed by atoms with Gasteiger partial charge in [-0.3, -0.25) is 0 Å². The van der Waals surface area contributed by atoms with Crippen molar-refractivity contribution in [2.24, 2.45) is 0 Å². The molecule has 2 aliphatic carbocycles. The number of hydrogen-bond donors (Lipinski definition) is 0. The van der Waals surface area contributed by atoms with E-state index < -0.39 is 0 Å². The van der Waals surface area contributed by atoms with Crippen molar-refractivity contribution in [2.75, 3.05) is 0 Å². The molecule has 1 heteroatoms. The van der Waals surface area contributed by atoms with Gasteiger partial charge in [-0.05, 0) is 74.8 Å². The molecule has 0 atom stereocenters. The van der Waals surface area contributed by atoms with Crippen molar-refractivity contribution >= 4 is 6.08 Å². The Hall–Kier alpha value is -2.02. The molecule has 1 saturated carbocycles. The molecule has 1 aromatic carbocycles. The first-order chi connectivity index (χ1) is 12.7. The molecule has 26 heavy (non-hydrogen) atoms. The van der Waals surface area contributed by atoms with E-state index in [2.05, 4.69) is 73.9 Å². The van der Waals surface area contributed by atoms with E-state index in [4.69, 9.17) is 0 Å². The molecule has 0 aromatic heterocycles. The molecule has 0 N–H and O–H groups in total. The van der Waals surface area contributed by atoms with Crippen LogP contribution >= 0.6 is 0 Å². The van der Waals surface area contributed by atoms with Gasteiger partial charge in [0.15, 0.2) is 0 Å². The predicted molar refractivity (Wildman–Crippen MR) is 114 cm³/mol. The van der Waals surface area contributed by atoms with Crippen LogP contribution in [0.4, 0.5) is 0 Å². The van der Waals surface area contributed by atoms with Crippen molar-refractivity contribution in [3.8, 4) is 0 Å². The van der Waals surface area contributed by atoms with Crippen LogP contribution in [0.1, 0.15) is 69.1 Å². The van der Waals surface area contributed by atoms with E-state index in [9.17, 15) is 0 Å². The Bertz CT molecular complexity index is 714. The third-order valence-electron chi connectivity index (χ3n) is 5.75. The van der Waals surface area contributed by atoms with Crippen LogP contribution < -0.4 is 0 Å². The highest BCUT2D eigenvalue weighted by Gasteiger charge is 2.22. The van der Waals surface area contributed by atoms with Crippen molar-refractivity contribution in [3.63, 3.8) is 0 Å². The maximum atomic E-state index is 4.42. The van der Waals surface area contributed by atoms with Crippen molar-refractivity contribution in [1.29, 1.82) is 0 Å². The molecule has 2 aliphatic rings. The zero-order valence-electron chi connectivity index (χ0n) is 16.5. The first kappa shape index (κ1) is 18.8. The lowest BCUT2D eigenvalue weighted by Gasteiger charge is -2.37. The van der Waals surface area contributed by atoms with Crippen LogP contribution in [0.15, 0.2) is 60.5 Å². The summed E-state index contributed by atoms with van der Waals surface area (Å²) in [5.41, 5.74) is 6.76. The normalized spacial score (nSPS) is 18.6. The van der Waals surface area contributed by atoms with E-state index in [1.807, 2.05) is 0 Å². The monoisotopic (exact) mass is 347 g/mol. The molecular formula is C25H33N. The first-order valence-corrected chi connectivity index (χ1v) is 10.3. The van der Waals surface area contributed by atoms with Gasteiger partial charge < -0.3 is 4.90 Å². The standard InChI is InChI=1S/C25H33N/c1-4-5-10-20(2)26(25-13-7-6-8-14-25)21(3)15-16-22-17-18-23-11-9-12-24(23)19-22/h4-5,10,15-19,25H,3,6-9,11-14H2,1-2H3/b5-4-,16-15+,20-10+. The van der Waals surface area contributed by atoms with E-state index >= 15 is 0 Å². The Morgan fingerprint density at radius 1 is 1.08 bits per heavy atom. The largest absolute Gasteiger partial charge is 0.343 e. The highest BCUT2D eigenvalue weighted by atomic mass is 15.2. The summed E-state index contributed by atoms with van der Waals surface area (Å²) in [6.07, 6.45) is 21.2. The molecule has 0 amide bonds. The molecule has 0 radical (unpaired) electrons. The second kappa shape index (κ2) is 9.07. The molecule has 1 aromatic rings. The quantitative estimate of drug-likeness (QED) is 0.510. The second-order valence-electron chi connectivity index (χ2n) is 7.70. The highest BCUT2D eigenvalue weighted by Crippen LogP contribution is 2.29. The lowest BCUT2D eigenvalue weighted by molar-refractivity contribution is 0.250.